The molecule has 2 rings (SSSR count). The molecule has 0 spiro atoms. The molecule has 4 nitrogen and oxygen atoms in total. The van der Waals surface area contributed by atoms with Crippen LogP contribution in [0.5, 0.6) is 0 Å². The monoisotopic (exact) mass is 226 g/mol. The Morgan fingerprint density at radius 2 is 2.47 bits per heavy atom. The molecule has 0 radical (unpaired) electrons. The van der Waals surface area contributed by atoms with Crippen molar-refractivity contribution in [1.29, 1.82) is 0 Å². The molecule has 1 N–H and O–H groups in total. The van der Waals surface area contributed by atoms with Gasteiger partial charge in [-0.3, -0.25) is 4.79 Å². The molecule has 1 saturated heterocycles. The Hall–Kier alpha value is -0.780. The van der Waals surface area contributed by atoms with Crippen LogP contribution in [0.15, 0.2) is 0 Å². The molecule has 1 atom stereocenters. The number of carbonyl (C=O) groups is 1. The van der Waals surface area contributed by atoms with Gasteiger partial charge >= 0.3 is 0 Å². The second-order valence-corrected chi connectivity index (χ2v) is 4.64. The third-order valence-electron chi connectivity index (χ3n) is 2.35. The maximum Gasteiger partial charge on any atom is 0.171 e. The maximum absolute atomic E-state index is 11.3. The lowest BCUT2D eigenvalue weighted by Gasteiger charge is -2.21. The van der Waals surface area contributed by atoms with Crippen LogP contribution in [0.25, 0.3) is 0 Å². The number of aromatic nitrogens is 1. The van der Waals surface area contributed by atoms with E-state index in [1.807, 2.05) is 6.92 Å². The lowest BCUT2D eigenvalue weighted by Crippen LogP contribution is -2.34. The second-order valence-electron chi connectivity index (χ2n) is 3.60. The van der Waals surface area contributed by atoms with Crippen LogP contribution in [0.2, 0.25) is 0 Å². The minimum absolute atomic E-state index is 0.0907. The summed E-state index contributed by atoms with van der Waals surface area (Å²) < 4.78 is 5.37. The first-order valence-electron chi connectivity index (χ1n) is 4.98. The number of hydrogen-bond donors (Lipinski definition) is 1. The van der Waals surface area contributed by atoms with Crippen LogP contribution in [-0.2, 0) is 4.74 Å². The molecule has 0 aromatic carbocycles. The Kier molecular flexibility index (Phi) is 3.14. The molecule has 2 heterocycles. The third-order valence-corrected chi connectivity index (χ3v) is 3.72. The minimum Gasteiger partial charge on any atom is -0.378 e. The first-order valence-corrected chi connectivity index (χ1v) is 5.79. The van der Waals surface area contributed by atoms with Crippen molar-refractivity contribution in [2.45, 2.75) is 19.9 Å². The predicted octanol–water partition coefficient (Wildman–Crippen LogP) is 1.32. The molecule has 0 aliphatic carbocycles. The van der Waals surface area contributed by atoms with E-state index >= 15 is 0 Å². The van der Waals surface area contributed by atoms with Crippen LogP contribution in [-0.4, -0.2) is 30.5 Å². The van der Waals surface area contributed by atoms with E-state index in [4.69, 9.17) is 4.74 Å². The molecule has 1 aromatic rings. The topological polar surface area (TPSA) is 51.2 Å². The van der Waals surface area contributed by atoms with E-state index in [-0.39, 0.29) is 11.8 Å². The van der Waals surface area contributed by atoms with Crippen molar-refractivity contribution in [1.82, 2.24) is 10.3 Å². The fourth-order valence-corrected chi connectivity index (χ4v) is 2.64. The van der Waals surface area contributed by atoms with Gasteiger partial charge in [0.25, 0.3) is 0 Å². The Balaban J connectivity index is 2.21. The number of Topliss-reactive ketones (excluding diaryl/α,β-unsaturated/α-hetero) is 1. The maximum atomic E-state index is 11.3. The van der Waals surface area contributed by atoms with E-state index in [0.29, 0.717) is 6.61 Å². The van der Waals surface area contributed by atoms with E-state index in [1.165, 1.54) is 11.3 Å². The van der Waals surface area contributed by atoms with Crippen molar-refractivity contribution in [3.63, 3.8) is 0 Å². The highest BCUT2D eigenvalue weighted by Gasteiger charge is 2.21. The zero-order valence-corrected chi connectivity index (χ0v) is 9.69. The van der Waals surface area contributed by atoms with Crippen molar-refractivity contribution < 1.29 is 9.53 Å². The Labute approximate surface area is 92.7 Å². The molecular formula is C10H14N2O2S. The molecule has 1 aliphatic heterocycles. The van der Waals surface area contributed by atoms with E-state index in [1.54, 1.807) is 6.92 Å². The van der Waals surface area contributed by atoms with Gasteiger partial charge in [-0.1, -0.05) is 0 Å². The molecule has 1 unspecified atom stereocenters. The summed E-state index contributed by atoms with van der Waals surface area (Å²) in [7, 11) is 0. The van der Waals surface area contributed by atoms with E-state index < -0.39 is 0 Å². The van der Waals surface area contributed by atoms with Gasteiger partial charge in [0.2, 0.25) is 0 Å². The minimum atomic E-state index is 0.0907. The van der Waals surface area contributed by atoms with Gasteiger partial charge in [0, 0.05) is 13.5 Å². The fraction of sp³-hybridized carbons (Fsp3) is 0.600. The molecule has 1 fully saturated rings. The van der Waals surface area contributed by atoms with Gasteiger partial charge in [0.1, 0.15) is 5.01 Å². The van der Waals surface area contributed by atoms with Crippen LogP contribution in [0, 0.1) is 6.92 Å². The van der Waals surface area contributed by atoms with Crippen LogP contribution in [0.4, 0.5) is 0 Å². The molecule has 1 aliphatic rings. The number of nitrogens with zero attached hydrogens (tertiary/aromatic N) is 1. The summed E-state index contributed by atoms with van der Waals surface area (Å²) in [4.78, 5) is 16.5. The summed E-state index contributed by atoms with van der Waals surface area (Å²) in [5, 5.41) is 4.28. The van der Waals surface area contributed by atoms with Crippen LogP contribution < -0.4 is 5.32 Å². The Morgan fingerprint density at radius 1 is 1.67 bits per heavy atom. The summed E-state index contributed by atoms with van der Waals surface area (Å²) in [6, 6.07) is 0.149. The quantitative estimate of drug-likeness (QED) is 0.773. The van der Waals surface area contributed by atoms with Crippen LogP contribution >= 0.6 is 11.3 Å². The van der Waals surface area contributed by atoms with Crippen molar-refractivity contribution in [2.24, 2.45) is 0 Å². The number of ether oxygens (including phenoxy) is 1. The standard InChI is InChI=1S/C10H14N2O2S/c1-6-9(7(2)13)15-10(12-6)8-5-14-4-3-11-8/h8,11H,3-5H2,1-2H3. The number of carbonyl (C=O) groups excluding carboxylic acids is 1. The van der Waals surface area contributed by atoms with E-state index in [0.717, 1.165) is 28.7 Å². The highest BCUT2D eigenvalue weighted by molar-refractivity contribution is 7.13. The Bertz CT molecular complexity index is 369. The number of aryl methyl sites for hydroxylation is 1. The number of hydrogen-bond acceptors (Lipinski definition) is 5. The van der Waals surface area contributed by atoms with Gasteiger partial charge in [0.15, 0.2) is 5.78 Å². The molecule has 82 valence electrons. The number of thiazole rings is 1. The smallest absolute Gasteiger partial charge is 0.171 e. The average molecular weight is 226 g/mol. The van der Waals surface area contributed by atoms with E-state index in [2.05, 4.69) is 10.3 Å². The summed E-state index contributed by atoms with van der Waals surface area (Å²) in [6.45, 7) is 5.69. The van der Waals surface area contributed by atoms with Crippen LogP contribution in [0.3, 0.4) is 0 Å². The molecule has 1 aromatic heterocycles. The summed E-state index contributed by atoms with van der Waals surface area (Å²) in [6.07, 6.45) is 0. The highest BCUT2D eigenvalue weighted by atomic mass is 32.1. The van der Waals surface area contributed by atoms with Crippen molar-refractivity contribution in [3.05, 3.63) is 15.6 Å². The van der Waals surface area contributed by atoms with Gasteiger partial charge in [-0.05, 0) is 6.92 Å². The van der Waals surface area contributed by atoms with E-state index in [9.17, 15) is 4.79 Å². The summed E-state index contributed by atoms with van der Waals surface area (Å²) in [5.74, 6) is 0.0907. The molecule has 0 amide bonds. The Morgan fingerprint density at radius 3 is 3.00 bits per heavy atom. The number of nitrogens with one attached hydrogen (secondary N) is 1. The molecule has 0 saturated carbocycles. The van der Waals surface area contributed by atoms with Crippen LogP contribution in [0.1, 0.15) is 33.3 Å². The number of ketones is 1. The fourth-order valence-electron chi connectivity index (χ4n) is 1.62. The molecule has 15 heavy (non-hydrogen) atoms. The lowest BCUT2D eigenvalue weighted by atomic mass is 10.3. The van der Waals surface area contributed by atoms with Gasteiger partial charge < -0.3 is 10.1 Å². The number of morpholine rings is 1. The normalized spacial score (nSPS) is 21.6. The van der Waals surface area contributed by atoms with Gasteiger partial charge in [0.05, 0.1) is 29.8 Å². The SMILES string of the molecule is CC(=O)c1sc(C2COCCN2)nc1C. The summed E-state index contributed by atoms with van der Waals surface area (Å²) in [5.41, 5.74) is 0.829. The zero-order valence-electron chi connectivity index (χ0n) is 8.87. The zero-order chi connectivity index (χ0) is 10.8. The van der Waals surface area contributed by atoms with Gasteiger partial charge in [-0.15, -0.1) is 11.3 Å². The molecule has 5 heteroatoms. The third kappa shape index (κ3) is 2.25. The van der Waals surface area contributed by atoms with Gasteiger partial charge in [-0.25, -0.2) is 4.98 Å². The highest BCUT2D eigenvalue weighted by Crippen LogP contribution is 2.25. The molecule has 0 bridgehead atoms. The second kappa shape index (κ2) is 4.38. The average Bonchev–Trinajstić information content (AvgIpc) is 2.62. The van der Waals surface area contributed by atoms with Crippen molar-refractivity contribution >= 4 is 17.1 Å². The summed E-state index contributed by atoms with van der Waals surface area (Å²) >= 11 is 1.47. The first kappa shape index (κ1) is 10.7. The van der Waals surface area contributed by atoms with Crippen molar-refractivity contribution in [3.8, 4) is 0 Å². The first-order chi connectivity index (χ1) is 7.18. The largest absolute Gasteiger partial charge is 0.378 e. The molecular weight excluding hydrogens is 212 g/mol. The number of rotatable bonds is 2. The predicted molar refractivity (Wildman–Crippen MR) is 58.4 cm³/mol. The lowest BCUT2D eigenvalue weighted by molar-refractivity contribution is 0.0768. The van der Waals surface area contributed by atoms with Gasteiger partial charge in [-0.2, -0.15) is 0 Å². The van der Waals surface area contributed by atoms with Crippen molar-refractivity contribution in [2.75, 3.05) is 19.8 Å².